The standard InChI is InChI=1S/C21H32O3S/c1-15-7-9-18(10-8-15)25(22,23)24-14-17(3)20-12-11-19-16(2)6-5-13-21(19,20)4/h7-10,16-17,19-20H,5-6,11-14H2,1-4H3/t16-,17+,19-,20+,21-/m0/s1. The Balaban J connectivity index is 1.66. The van der Waals surface area contributed by atoms with Crippen LogP contribution in [0.5, 0.6) is 0 Å². The van der Waals surface area contributed by atoms with Crippen molar-refractivity contribution in [2.75, 3.05) is 6.61 Å². The summed E-state index contributed by atoms with van der Waals surface area (Å²) in [6.07, 6.45) is 6.43. The van der Waals surface area contributed by atoms with Gasteiger partial charge in [0.15, 0.2) is 0 Å². The number of hydrogen-bond donors (Lipinski definition) is 0. The van der Waals surface area contributed by atoms with Gasteiger partial charge < -0.3 is 0 Å². The quantitative estimate of drug-likeness (QED) is 0.675. The molecule has 1 aromatic rings. The lowest BCUT2D eigenvalue weighted by Crippen LogP contribution is -2.39. The number of hydrogen-bond acceptors (Lipinski definition) is 3. The van der Waals surface area contributed by atoms with Gasteiger partial charge in [0, 0.05) is 0 Å². The van der Waals surface area contributed by atoms with Crippen molar-refractivity contribution in [2.45, 2.75) is 64.7 Å². The van der Waals surface area contributed by atoms with Gasteiger partial charge >= 0.3 is 0 Å². The van der Waals surface area contributed by atoms with E-state index in [1.54, 1.807) is 12.1 Å². The van der Waals surface area contributed by atoms with E-state index in [1.165, 1.54) is 32.1 Å². The Hall–Kier alpha value is -0.870. The fraction of sp³-hybridized carbons (Fsp3) is 0.714. The third-order valence-corrected chi connectivity index (χ3v) is 8.32. The van der Waals surface area contributed by atoms with E-state index in [4.69, 9.17) is 4.18 Å². The molecule has 3 nitrogen and oxygen atoms in total. The smallest absolute Gasteiger partial charge is 0.266 e. The Morgan fingerprint density at radius 1 is 1.20 bits per heavy atom. The van der Waals surface area contributed by atoms with Crippen LogP contribution in [0.3, 0.4) is 0 Å². The lowest BCUT2D eigenvalue weighted by atomic mass is 9.60. The monoisotopic (exact) mass is 364 g/mol. The Kier molecular flexibility index (Phi) is 5.32. The van der Waals surface area contributed by atoms with E-state index in [9.17, 15) is 8.42 Å². The van der Waals surface area contributed by atoms with Gasteiger partial charge in [-0.2, -0.15) is 8.42 Å². The molecule has 0 saturated heterocycles. The zero-order chi connectivity index (χ0) is 18.2. The summed E-state index contributed by atoms with van der Waals surface area (Å²) in [5.74, 6) is 2.42. The highest BCUT2D eigenvalue weighted by Gasteiger charge is 2.51. The van der Waals surface area contributed by atoms with E-state index >= 15 is 0 Å². The second kappa shape index (κ2) is 7.03. The Labute approximate surface area is 153 Å². The van der Waals surface area contributed by atoms with Crippen LogP contribution in [0.1, 0.15) is 58.4 Å². The summed E-state index contributed by atoms with van der Waals surface area (Å²) in [5.41, 5.74) is 1.40. The van der Waals surface area contributed by atoms with Crippen molar-refractivity contribution in [3.05, 3.63) is 29.8 Å². The van der Waals surface area contributed by atoms with E-state index in [0.29, 0.717) is 11.3 Å². The molecule has 0 heterocycles. The van der Waals surface area contributed by atoms with Gasteiger partial charge in [-0.05, 0) is 67.4 Å². The van der Waals surface area contributed by atoms with Crippen LogP contribution < -0.4 is 0 Å². The van der Waals surface area contributed by atoms with Crippen LogP contribution in [0.2, 0.25) is 0 Å². The highest BCUT2D eigenvalue weighted by Crippen LogP contribution is 2.59. The number of fused-ring (bicyclic) bond motifs is 1. The molecule has 140 valence electrons. The molecule has 0 aliphatic heterocycles. The minimum atomic E-state index is -3.66. The van der Waals surface area contributed by atoms with Crippen molar-refractivity contribution in [3.8, 4) is 0 Å². The molecule has 1 aromatic carbocycles. The van der Waals surface area contributed by atoms with Crippen LogP contribution >= 0.6 is 0 Å². The van der Waals surface area contributed by atoms with Gasteiger partial charge in [0.1, 0.15) is 0 Å². The number of benzene rings is 1. The molecule has 2 aliphatic carbocycles. The molecule has 0 spiro atoms. The molecule has 0 aromatic heterocycles. The third kappa shape index (κ3) is 3.66. The minimum Gasteiger partial charge on any atom is -0.266 e. The molecule has 2 saturated carbocycles. The largest absolute Gasteiger partial charge is 0.296 e. The second-order valence-corrected chi connectivity index (χ2v) is 10.3. The molecule has 25 heavy (non-hydrogen) atoms. The highest BCUT2D eigenvalue weighted by atomic mass is 32.2. The fourth-order valence-corrected chi connectivity index (χ4v) is 6.62. The molecule has 0 bridgehead atoms. The average molecular weight is 365 g/mol. The second-order valence-electron chi connectivity index (χ2n) is 8.69. The van der Waals surface area contributed by atoms with Crippen molar-refractivity contribution >= 4 is 10.1 Å². The van der Waals surface area contributed by atoms with Gasteiger partial charge in [0.25, 0.3) is 10.1 Å². The van der Waals surface area contributed by atoms with Crippen LogP contribution in [0.25, 0.3) is 0 Å². The fourth-order valence-electron chi connectivity index (χ4n) is 5.63. The normalized spacial score (nSPS) is 33.8. The Morgan fingerprint density at radius 3 is 2.56 bits per heavy atom. The molecule has 3 rings (SSSR count). The summed E-state index contributed by atoms with van der Waals surface area (Å²) in [5, 5.41) is 0. The Morgan fingerprint density at radius 2 is 1.88 bits per heavy atom. The van der Waals surface area contributed by atoms with Crippen molar-refractivity contribution in [2.24, 2.45) is 29.1 Å². The number of rotatable bonds is 5. The summed E-state index contributed by atoms with van der Waals surface area (Å²) in [6.45, 7) is 9.24. The molecular formula is C21H32O3S. The molecule has 0 amide bonds. The summed E-state index contributed by atoms with van der Waals surface area (Å²) >= 11 is 0. The average Bonchev–Trinajstić information content (AvgIpc) is 2.92. The molecule has 4 heteroatoms. The van der Waals surface area contributed by atoms with Gasteiger partial charge in [-0.15, -0.1) is 0 Å². The van der Waals surface area contributed by atoms with Gasteiger partial charge in [0.05, 0.1) is 11.5 Å². The van der Waals surface area contributed by atoms with Crippen molar-refractivity contribution in [1.29, 1.82) is 0 Å². The molecule has 0 unspecified atom stereocenters. The SMILES string of the molecule is Cc1ccc(S(=O)(=O)OC[C@@H](C)[C@H]2CC[C@H]3[C@@H](C)CCC[C@]23C)cc1. The lowest BCUT2D eigenvalue weighted by Gasteiger charge is -2.45. The van der Waals surface area contributed by atoms with Crippen molar-refractivity contribution in [3.63, 3.8) is 0 Å². The number of aryl methyl sites for hydroxylation is 1. The van der Waals surface area contributed by atoms with Crippen LogP contribution in [-0.4, -0.2) is 15.0 Å². The maximum absolute atomic E-state index is 12.5. The van der Waals surface area contributed by atoms with E-state index in [2.05, 4.69) is 20.8 Å². The highest BCUT2D eigenvalue weighted by molar-refractivity contribution is 7.86. The van der Waals surface area contributed by atoms with Crippen LogP contribution in [0.4, 0.5) is 0 Å². The van der Waals surface area contributed by atoms with Gasteiger partial charge in [-0.1, -0.05) is 51.3 Å². The first-order valence-electron chi connectivity index (χ1n) is 9.70. The molecule has 0 radical (unpaired) electrons. The summed E-state index contributed by atoms with van der Waals surface area (Å²) in [6, 6.07) is 6.88. The topological polar surface area (TPSA) is 43.4 Å². The van der Waals surface area contributed by atoms with Gasteiger partial charge in [0.2, 0.25) is 0 Å². The van der Waals surface area contributed by atoms with E-state index in [0.717, 1.165) is 17.4 Å². The van der Waals surface area contributed by atoms with E-state index < -0.39 is 10.1 Å². The molecule has 0 N–H and O–H groups in total. The molecular weight excluding hydrogens is 332 g/mol. The third-order valence-electron chi connectivity index (χ3n) is 7.03. The maximum atomic E-state index is 12.5. The maximum Gasteiger partial charge on any atom is 0.296 e. The van der Waals surface area contributed by atoms with Crippen molar-refractivity contribution in [1.82, 2.24) is 0 Å². The zero-order valence-corrected chi connectivity index (χ0v) is 16.8. The first kappa shape index (κ1) is 18.9. The molecule has 5 atom stereocenters. The van der Waals surface area contributed by atoms with Crippen LogP contribution in [0.15, 0.2) is 29.2 Å². The zero-order valence-electron chi connectivity index (χ0n) is 16.0. The van der Waals surface area contributed by atoms with Gasteiger partial charge in [-0.3, -0.25) is 4.18 Å². The summed E-state index contributed by atoms with van der Waals surface area (Å²) in [4.78, 5) is 0.257. The van der Waals surface area contributed by atoms with Crippen LogP contribution in [0, 0.1) is 36.0 Å². The van der Waals surface area contributed by atoms with Crippen molar-refractivity contribution < 1.29 is 12.6 Å². The summed E-state index contributed by atoms with van der Waals surface area (Å²) < 4.78 is 30.4. The first-order valence-corrected chi connectivity index (χ1v) is 11.1. The molecule has 2 aliphatic rings. The molecule has 2 fully saturated rings. The predicted octanol–water partition coefficient (Wildman–Crippen LogP) is 5.19. The minimum absolute atomic E-state index is 0.257. The summed E-state index contributed by atoms with van der Waals surface area (Å²) in [7, 11) is -3.66. The lowest BCUT2D eigenvalue weighted by molar-refractivity contribution is 0.0265. The Bertz CT molecular complexity index is 694. The van der Waals surface area contributed by atoms with Crippen LogP contribution in [-0.2, 0) is 14.3 Å². The van der Waals surface area contributed by atoms with Gasteiger partial charge in [-0.25, -0.2) is 0 Å². The first-order chi connectivity index (χ1) is 11.7. The van der Waals surface area contributed by atoms with E-state index in [1.807, 2.05) is 19.1 Å². The predicted molar refractivity (Wildman–Crippen MR) is 101 cm³/mol. The van der Waals surface area contributed by atoms with E-state index in [-0.39, 0.29) is 17.4 Å².